The molecule has 0 spiro atoms. The summed E-state index contributed by atoms with van der Waals surface area (Å²) in [6, 6.07) is 9.71. The lowest BCUT2D eigenvalue weighted by Crippen LogP contribution is -2.39. The SMILES string of the molecule is CCNC(=NCC(=O)NCCOC)NCCCOc1ccccc1.I. The monoisotopic (exact) mass is 464 g/mol. The zero-order chi connectivity index (χ0) is 17.5. The van der Waals surface area contributed by atoms with Crippen LogP contribution in [0, 0.1) is 0 Å². The topological polar surface area (TPSA) is 84.0 Å². The maximum Gasteiger partial charge on any atom is 0.241 e. The number of halogens is 1. The Morgan fingerprint density at radius 1 is 1.08 bits per heavy atom. The van der Waals surface area contributed by atoms with Gasteiger partial charge < -0.3 is 25.4 Å². The minimum absolute atomic E-state index is 0. The van der Waals surface area contributed by atoms with Gasteiger partial charge in [0.25, 0.3) is 0 Å². The van der Waals surface area contributed by atoms with Gasteiger partial charge in [0.1, 0.15) is 12.3 Å². The number of amides is 1. The molecule has 0 aliphatic heterocycles. The summed E-state index contributed by atoms with van der Waals surface area (Å²) in [5.74, 6) is 1.36. The Bertz CT molecular complexity index is 486. The lowest BCUT2D eigenvalue weighted by molar-refractivity contribution is -0.119. The van der Waals surface area contributed by atoms with Crippen molar-refractivity contribution in [2.45, 2.75) is 13.3 Å². The van der Waals surface area contributed by atoms with Gasteiger partial charge in [0, 0.05) is 26.7 Å². The standard InChI is InChI=1S/C17H28N4O3.HI/c1-3-18-17(21-14-16(22)19-11-13-23-2)20-10-7-12-24-15-8-5-4-6-9-15;/h4-6,8-9H,3,7,10-14H2,1-2H3,(H,19,22)(H2,18,20,21);1H. The quantitative estimate of drug-likeness (QED) is 0.200. The number of carbonyl (C=O) groups is 1. The van der Waals surface area contributed by atoms with Crippen molar-refractivity contribution in [2.75, 3.05) is 46.5 Å². The van der Waals surface area contributed by atoms with Crippen LogP contribution in [0.4, 0.5) is 0 Å². The van der Waals surface area contributed by atoms with E-state index in [4.69, 9.17) is 9.47 Å². The molecule has 0 unspecified atom stereocenters. The van der Waals surface area contributed by atoms with Gasteiger partial charge in [-0.3, -0.25) is 4.79 Å². The smallest absolute Gasteiger partial charge is 0.241 e. The van der Waals surface area contributed by atoms with E-state index in [9.17, 15) is 4.79 Å². The van der Waals surface area contributed by atoms with Gasteiger partial charge >= 0.3 is 0 Å². The summed E-state index contributed by atoms with van der Waals surface area (Å²) in [5.41, 5.74) is 0. The molecular weight excluding hydrogens is 435 g/mol. The molecule has 1 aromatic carbocycles. The van der Waals surface area contributed by atoms with Crippen LogP contribution in [0.15, 0.2) is 35.3 Å². The molecule has 0 bridgehead atoms. The highest BCUT2D eigenvalue weighted by Crippen LogP contribution is 2.07. The van der Waals surface area contributed by atoms with Crippen LogP contribution in [-0.4, -0.2) is 58.4 Å². The Balaban J connectivity index is 0.00000576. The molecule has 0 saturated carbocycles. The molecule has 3 N–H and O–H groups in total. The number of hydrogen-bond acceptors (Lipinski definition) is 4. The maximum absolute atomic E-state index is 11.6. The lowest BCUT2D eigenvalue weighted by atomic mass is 10.3. The molecule has 1 amide bonds. The molecule has 8 heteroatoms. The normalized spacial score (nSPS) is 10.6. The first kappa shape index (κ1) is 23.4. The number of para-hydroxylation sites is 1. The first-order valence-electron chi connectivity index (χ1n) is 8.22. The molecule has 7 nitrogen and oxygen atoms in total. The number of ether oxygens (including phenoxy) is 2. The molecule has 0 radical (unpaired) electrons. The fraction of sp³-hybridized carbons (Fsp3) is 0.529. The minimum Gasteiger partial charge on any atom is -0.494 e. The van der Waals surface area contributed by atoms with Gasteiger partial charge in [0.2, 0.25) is 5.91 Å². The largest absolute Gasteiger partial charge is 0.494 e. The van der Waals surface area contributed by atoms with Crippen LogP contribution in [0.2, 0.25) is 0 Å². The van der Waals surface area contributed by atoms with Crippen LogP contribution in [-0.2, 0) is 9.53 Å². The van der Waals surface area contributed by atoms with E-state index in [1.165, 1.54) is 0 Å². The van der Waals surface area contributed by atoms with Crippen LogP contribution in [0.25, 0.3) is 0 Å². The number of nitrogens with one attached hydrogen (secondary N) is 3. The fourth-order valence-corrected chi connectivity index (χ4v) is 1.83. The number of methoxy groups -OCH3 is 1. The lowest BCUT2D eigenvalue weighted by Gasteiger charge is -2.11. The number of hydrogen-bond donors (Lipinski definition) is 3. The predicted molar refractivity (Wildman–Crippen MR) is 111 cm³/mol. The molecule has 0 saturated heterocycles. The van der Waals surface area contributed by atoms with Crippen LogP contribution in [0.3, 0.4) is 0 Å². The highest BCUT2D eigenvalue weighted by Gasteiger charge is 2.01. The van der Waals surface area contributed by atoms with Crippen LogP contribution < -0.4 is 20.7 Å². The van der Waals surface area contributed by atoms with Gasteiger partial charge in [-0.15, -0.1) is 24.0 Å². The van der Waals surface area contributed by atoms with E-state index < -0.39 is 0 Å². The average molecular weight is 464 g/mol. The summed E-state index contributed by atoms with van der Waals surface area (Å²) in [7, 11) is 1.60. The summed E-state index contributed by atoms with van der Waals surface area (Å²) in [4.78, 5) is 15.9. The molecule has 1 rings (SSSR count). The second-order valence-corrected chi connectivity index (χ2v) is 4.98. The van der Waals surface area contributed by atoms with Crippen molar-refractivity contribution >= 4 is 35.8 Å². The summed E-state index contributed by atoms with van der Waals surface area (Å²) >= 11 is 0. The van der Waals surface area contributed by atoms with Gasteiger partial charge in [0.15, 0.2) is 5.96 Å². The fourth-order valence-electron chi connectivity index (χ4n) is 1.83. The Labute approximate surface area is 167 Å². The van der Waals surface area contributed by atoms with E-state index in [-0.39, 0.29) is 36.4 Å². The molecular formula is C17H29IN4O3. The van der Waals surface area contributed by atoms with Crippen molar-refractivity contribution in [3.8, 4) is 5.75 Å². The molecule has 0 fully saturated rings. The highest BCUT2D eigenvalue weighted by atomic mass is 127. The number of carbonyl (C=O) groups excluding carboxylic acids is 1. The van der Waals surface area contributed by atoms with Gasteiger partial charge in [-0.05, 0) is 25.5 Å². The number of rotatable bonds is 11. The Hall–Kier alpha value is -1.55. The van der Waals surface area contributed by atoms with Crippen molar-refractivity contribution in [3.05, 3.63) is 30.3 Å². The summed E-state index contributed by atoms with van der Waals surface area (Å²) < 4.78 is 10.5. The summed E-state index contributed by atoms with van der Waals surface area (Å²) in [6.07, 6.45) is 0.833. The molecule has 0 aliphatic rings. The van der Waals surface area contributed by atoms with Gasteiger partial charge in [0.05, 0.1) is 13.2 Å². The number of guanidine groups is 1. The Morgan fingerprint density at radius 3 is 2.52 bits per heavy atom. The molecule has 0 heterocycles. The third-order valence-electron chi connectivity index (χ3n) is 2.98. The first-order chi connectivity index (χ1) is 11.8. The van der Waals surface area contributed by atoms with Crippen molar-refractivity contribution in [2.24, 2.45) is 4.99 Å². The number of nitrogens with zero attached hydrogens (tertiary/aromatic N) is 1. The van der Waals surface area contributed by atoms with Crippen LogP contribution in [0.5, 0.6) is 5.75 Å². The third-order valence-corrected chi connectivity index (χ3v) is 2.98. The second kappa shape index (κ2) is 15.9. The van der Waals surface area contributed by atoms with Crippen LogP contribution in [0.1, 0.15) is 13.3 Å². The van der Waals surface area contributed by atoms with Crippen molar-refractivity contribution < 1.29 is 14.3 Å². The van der Waals surface area contributed by atoms with Crippen molar-refractivity contribution in [1.29, 1.82) is 0 Å². The van der Waals surface area contributed by atoms with E-state index in [0.29, 0.717) is 32.3 Å². The predicted octanol–water partition coefficient (Wildman–Crippen LogP) is 1.39. The zero-order valence-electron chi connectivity index (χ0n) is 14.9. The van der Waals surface area contributed by atoms with Crippen LogP contribution >= 0.6 is 24.0 Å². The van der Waals surface area contributed by atoms with Gasteiger partial charge in [-0.1, -0.05) is 18.2 Å². The van der Waals surface area contributed by atoms with Gasteiger partial charge in [-0.2, -0.15) is 0 Å². The Morgan fingerprint density at radius 2 is 1.84 bits per heavy atom. The minimum atomic E-state index is -0.128. The van der Waals surface area contributed by atoms with E-state index >= 15 is 0 Å². The molecule has 25 heavy (non-hydrogen) atoms. The van der Waals surface area contributed by atoms with Crippen molar-refractivity contribution in [1.82, 2.24) is 16.0 Å². The average Bonchev–Trinajstić information content (AvgIpc) is 2.60. The summed E-state index contributed by atoms with van der Waals surface area (Å²) in [5, 5.41) is 9.02. The number of benzene rings is 1. The molecule has 0 atom stereocenters. The highest BCUT2D eigenvalue weighted by molar-refractivity contribution is 14.0. The van der Waals surface area contributed by atoms with E-state index in [0.717, 1.165) is 18.7 Å². The van der Waals surface area contributed by atoms with E-state index in [1.807, 2.05) is 37.3 Å². The molecule has 142 valence electrons. The second-order valence-electron chi connectivity index (χ2n) is 4.98. The molecule has 0 aliphatic carbocycles. The zero-order valence-corrected chi connectivity index (χ0v) is 17.2. The van der Waals surface area contributed by atoms with Gasteiger partial charge in [-0.25, -0.2) is 4.99 Å². The maximum atomic E-state index is 11.6. The first-order valence-corrected chi connectivity index (χ1v) is 8.22. The van der Waals surface area contributed by atoms with Crippen molar-refractivity contribution in [3.63, 3.8) is 0 Å². The summed E-state index contributed by atoms with van der Waals surface area (Å²) in [6.45, 7) is 5.12. The van der Waals surface area contributed by atoms with E-state index in [2.05, 4.69) is 20.9 Å². The van der Waals surface area contributed by atoms with E-state index in [1.54, 1.807) is 7.11 Å². The third kappa shape index (κ3) is 12.5. The Kier molecular flexibility index (Phi) is 15.0. The number of aliphatic imine (C=N–C) groups is 1. The molecule has 0 aromatic heterocycles. The molecule has 1 aromatic rings.